The lowest BCUT2D eigenvalue weighted by molar-refractivity contribution is -0.140. The average Bonchev–Trinajstić information content (AvgIpc) is 2.26. The molecule has 17 heavy (non-hydrogen) atoms. The Hall–Kier alpha value is -1.32. The van der Waals surface area contributed by atoms with Crippen molar-refractivity contribution in [1.29, 1.82) is 0 Å². The van der Waals surface area contributed by atoms with Gasteiger partial charge < -0.3 is 9.84 Å². The van der Waals surface area contributed by atoms with Crippen LogP contribution in [0.4, 0.5) is 0 Å². The van der Waals surface area contributed by atoms with E-state index in [2.05, 4.69) is 6.58 Å². The SMILES string of the molecule is C=C(C)C(=O)OCC1CCC(CC(=O)O)CC1. The first-order valence-electron chi connectivity index (χ1n) is 6.03. The van der Waals surface area contributed by atoms with Gasteiger partial charge in [-0.2, -0.15) is 0 Å². The molecule has 0 aromatic carbocycles. The van der Waals surface area contributed by atoms with Gasteiger partial charge in [0.05, 0.1) is 6.61 Å². The summed E-state index contributed by atoms with van der Waals surface area (Å²) in [6, 6.07) is 0. The summed E-state index contributed by atoms with van der Waals surface area (Å²) in [7, 11) is 0. The lowest BCUT2D eigenvalue weighted by atomic mass is 9.81. The summed E-state index contributed by atoms with van der Waals surface area (Å²) in [5.41, 5.74) is 0.421. The molecular formula is C13H20O4. The Morgan fingerprint density at radius 1 is 1.24 bits per heavy atom. The van der Waals surface area contributed by atoms with Crippen molar-refractivity contribution in [2.45, 2.75) is 39.0 Å². The number of aliphatic carboxylic acids is 1. The van der Waals surface area contributed by atoms with E-state index in [0.29, 0.717) is 24.0 Å². The van der Waals surface area contributed by atoms with Gasteiger partial charge in [-0.05, 0) is 44.4 Å². The molecule has 1 fully saturated rings. The molecule has 0 atom stereocenters. The maximum absolute atomic E-state index is 11.2. The van der Waals surface area contributed by atoms with Crippen molar-refractivity contribution >= 4 is 11.9 Å². The third-order valence-electron chi connectivity index (χ3n) is 3.23. The molecule has 0 saturated heterocycles. The molecule has 1 N–H and O–H groups in total. The van der Waals surface area contributed by atoms with E-state index in [0.717, 1.165) is 25.7 Å². The van der Waals surface area contributed by atoms with Crippen molar-refractivity contribution in [3.63, 3.8) is 0 Å². The van der Waals surface area contributed by atoms with Crippen molar-refractivity contribution in [3.05, 3.63) is 12.2 Å². The van der Waals surface area contributed by atoms with Gasteiger partial charge in [-0.3, -0.25) is 4.79 Å². The zero-order chi connectivity index (χ0) is 12.8. The van der Waals surface area contributed by atoms with E-state index in [1.807, 2.05) is 0 Å². The van der Waals surface area contributed by atoms with E-state index >= 15 is 0 Å². The van der Waals surface area contributed by atoms with E-state index in [4.69, 9.17) is 9.84 Å². The number of hydrogen-bond donors (Lipinski definition) is 1. The highest BCUT2D eigenvalue weighted by molar-refractivity contribution is 5.86. The molecule has 96 valence electrons. The summed E-state index contributed by atoms with van der Waals surface area (Å²) >= 11 is 0. The number of carboxylic acids is 1. The third-order valence-corrected chi connectivity index (χ3v) is 3.23. The number of carboxylic acid groups (broad SMARTS) is 1. The topological polar surface area (TPSA) is 63.6 Å². The molecule has 4 nitrogen and oxygen atoms in total. The van der Waals surface area contributed by atoms with E-state index in [1.54, 1.807) is 6.92 Å². The van der Waals surface area contributed by atoms with E-state index in [1.165, 1.54) is 0 Å². The summed E-state index contributed by atoms with van der Waals surface area (Å²) in [5, 5.41) is 8.69. The average molecular weight is 240 g/mol. The molecule has 0 aromatic rings. The fourth-order valence-electron chi connectivity index (χ4n) is 2.17. The van der Waals surface area contributed by atoms with Crippen molar-refractivity contribution in [2.24, 2.45) is 11.8 Å². The first kappa shape index (κ1) is 13.7. The van der Waals surface area contributed by atoms with Gasteiger partial charge >= 0.3 is 11.9 Å². The standard InChI is InChI=1S/C13H20O4/c1-9(2)13(16)17-8-11-5-3-10(4-6-11)7-12(14)15/h10-11H,1,3-8H2,2H3,(H,14,15). The molecular weight excluding hydrogens is 220 g/mol. The van der Waals surface area contributed by atoms with Gasteiger partial charge in [0.1, 0.15) is 0 Å². The molecule has 0 unspecified atom stereocenters. The van der Waals surface area contributed by atoms with Gasteiger partial charge in [-0.25, -0.2) is 4.79 Å². The van der Waals surface area contributed by atoms with Crippen LogP contribution in [-0.2, 0) is 14.3 Å². The zero-order valence-corrected chi connectivity index (χ0v) is 10.3. The van der Waals surface area contributed by atoms with E-state index < -0.39 is 5.97 Å². The molecule has 0 amide bonds. The fraction of sp³-hybridized carbons (Fsp3) is 0.692. The quantitative estimate of drug-likeness (QED) is 0.592. The largest absolute Gasteiger partial charge is 0.481 e. The minimum atomic E-state index is -0.720. The van der Waals surface area contributed by atoms with Crippen LogP contribution in [0.25, 0.3) is 0 Å². The Labute approximate surface area is 102 Å². The molecule has 0 radical (unpaired) electrons. The van der Waals surface area contributed by atoms with Gasteiger partial charge in [0.2, 0.25) is 0 Å². The molecule has 0 heterocycles. The van der Waals surface area contributed by atoms with Crippen LogP contribution >= 0.6 is 0 Å². The first-order valence-corrected chi connectivity index (χ1v) is 6.03. The smallest absolute Gasteiger partial charge is 0.333 e. The maximum Gasteiger partial charge on any atom is 0.333 e. The van der Waals surface area contributed by atoms with Crippen LogP contribution in [0.2, 0.25) is 0 Å². The maximum atomic E-state index is 11.2. The monoisotopic (exact) mass is 240 g/mol. The van der Waals surface area contributed by atoms with E-state index in [-0.39, 0.29) is 12.4 Å². The summed E-state index contributed by atoms with van der Waals surface area (Å²) in [4.78, 5) is 21.8. The number of rotatable bonds is 5. The molecule has 0 spiro atoms. The van der Waals surface area contributed by atoms with Crippen LogP contribution in [0.5, 0.6) is 0 Å². The number of esters is 1. The highest BCUT2D eigenvalue weighted by Crippen LogP contribution is 2.30. The number of ether oxygens (including phenoxy) is 1. The second-order valence-electron chi connectivity index (χ2n) is 4.86. The molecule has 0 bridgehead atoms. The van der Waals surface area contributed by atoms with Crippen LogP contribution < -0.4 is 0 Å². The highest BCUT2D eigenvalue weighted by Gasteiger charge is 2.23. The van der Waals surface area contributed by atoms with Crippen molar-refractivity contribution in [3.8, 4) is 0 Å². The summed E-state index contributed by atoms with van der Waals surface area (Å²) in [6.07, 6.45) is 3.99. The molecule has 1 rings (SSSR count). The summed E-state index contributed by atoms with van der Waals surface area (Å²) in [6.45, 7) is 5.59. The summed E-state index contributed by atoms with van der Waals surface area (Å²) in [5.74, 6) is -0.385. The van der Waals surface area contributed by atoms with Crippen LogP contribution in [0.3, 0.4) is 0 Å². The molecule has 1 aliphatic carbocycles. The third kappa shape index (κ3) is 5.02. The van der Waals surface area contributed by atoms with Crippen LogP contribution in [-0.4, -0.2) is 23.7 Å². The molecule has 0 aromatic heterocycles. The van der Waals surface area contributed by atoms with Crippen LogP contribution in [0.15, 0.2) is 12.2 Å². The number of carbonyl (C=O) groups excluding carboxylic acids is 1. The Kier molecular flexibility index (Phi) is 5.19. The first-order chi connectivity index (χ1) is 7.99. The highest BCUT2D eigenvalue weighted by atomic mass is 16.5. The van der Waals surface area contributed by atoms with Gasteiger partial charge in [0, 0.05) is 12.0 Å². The van der Waals surface area contributed by atoms with Gasteiger partial charge in [-0.15, -0.1) is 0 Å². The second-order valence-corrected chi connectivity index (χ2v) is 4.86. The second kappa shape index (κ2) is 6.42. The van der Waals surface area contributed by atoms with Gasteiger partial charge in [-0.1, -0.05) is 6.58 Å². The molecule has 1 aliphatic rings. The minimum Gasteiger partial charge on any atom is -0.481 e. The molecule has 4 heteroatoms. The van der Waals surface area contributed by atoms with Crippen molar-refractivity contribution < 1.29 is 19.4 Å². The predicted molar refractivity (Wildman–Crippen MR) is 63.5 cm³/mol. The van der Waals surface area contributed by atoms with Crippen LogP contribution in [0.1, 0.15) is 39.0 Å². The lowest BCUT2D eigenvalue weighted by Gasteiger charge is -2.27. The number of carbonyl (C=O) groups is 2. The Morgan fingerprint density at radius 2 is 1.76 bits per heavy atom. The molecule has 0 aliphatic heterocycles. The zero-order valence-electron chi connectivity index (χ0n) is 10.3. The lowest BCUT2D eigenvalue weighted by Crippen LogP contribution is -2.22. The number of hydrogen-bond acceptors (Lipinski definition) is 3. The Morgan fingerprint density at radius 3 is 2.24 bits per heavy atom. The molecule has 1 saturated carbocycles. The Bertz CT molecular complexity index is 301. The fourth-order valence-corrected chi connectivity index (χ4v) is 2.17. The van der Waals surface area contributed by atoms with Crippen LogP contribution in [0, 0.1) is 11.8 Å². The minimum absolute atomic E-state index is 0.262. The van der Waals surface area contributed by atoms with E-state index in [9.17, 15) is 9.59 Å². The van der Waals surface area contributed by atoms with Gasteiger partial charge in [0.15, 0.2) is 0 Å². The van der Waals surface area contributed by atoms with Crippen molar-refractivity contribution in [1.82, 2.24) is 0 Å². The predicted octanol–water partition coefficient (Wildman–Crippen LogP) is 2.39. The summed E-state index contributed by atoms with van der Waals surface area (Å²) < 4.78 is 5.10. The normalized spacial score (nSPS) is 24.1. The van der Waals surface area contributed by atoms with Crippen molar-refractivity contribution in [2.75, 3.05) is 6.61 Å². The Balaban J connectivity index is 2.21. The van der Waals surface area contributed by atoms with Gasteiger partial charge in [0.25, 0.3) is 0 Å².